The molecule has 0 amide bonds. The molecule has 1 atom stereocenters. The molecular formula is C33H41NO4S2. The SMILES string of the molecule is C=CCc1cc(SC2(Sc3cc(CC=C)c(O)c(CC=C)c3)CCN(C(O)CC(C)=O)CC2)cc(CC=C)c1O. The van der Waals surface area contributed by atoms with Crippen molar-refractivity contribution in [1.29, 1.82) is 0 Å². The number of ketones is 1. The van der Waals surface area contributed by atoms with Gasteiger partial charge in [-0.25, -0.2) is 0 Å². The minimum atomic E-state index is -0.787. The van der Waals surface area contributed by atoms with Gasteiger partial charge in [-0.2, -0.15) is 0 Å². The van der Waals surface area contributed by atoms with Crippen LogP contribution in [0.25, 0.3) is 0 Å². The highest BCUT2D eigenvalue weighted by Gasteiger charge is 2.39. The lowest BCUT2D eigenvalue weighted by Crippen LogP contribution is -2.46. The first-order valence-corrected chi connectivity index (χ1v) is 15.2. The monoisotopic (exact) mass is 579 g/mol. The minimum Gasteiger partial charge on any atom is -0.507 e. The van der Waals surface area contributed by atoms with Crippen molar-refractivity contribution in [3.8, 4) is 11.5 Å². The number of thioether (sulfide) groups is 2. The Hall–Kier alpha value is -2.71. The number of phenolic OH excluding ortho intramolecular Hbond substituents is 2. The Morgan fingerprint density at radius 1 is 0.825 bits per heavy atom. The topological polar surface area (TPSA) is 81.0 Å². The molecule has 1 aliphatic heterocycles. The van der Waals surface area contributed by atoms with Gasteiger partial charge in [-0.1, -0.05) is 24.3 Å². The van der Waals surface area contributed by atoms with Crippen LogP contribution in [0.3, 0.4) is 0 Å². The van der Waals surface area contributed by atoms with Crippen LogP contribution in [0.4, 0.5) is 0 Å². The molecule has 2 aromatic carbocycles. The molecule has 1 heterocycles. The van der Waals surface area contributed by atoms with Crippen molar-refractivity contribution in [2.45, 2.75) is 72.0 Å². The Bertz CT molecular complexity index is 1110. The second-order valence-electron chi connectivity index (χ2n) is 10.2. The van der Waals surface area contributed by atoms with E-state index in [-0.39, 0.29) is 27.8 Å². The summed E-state index contributed by atoms with van der Waals surface area (Å²) in [4.78, 5) is 15.7. The highest BCUT2D eigenvalue weighted by molar-refractivity contribution is 8.18. The van der Waals surface area contributed by atoms with E-state index >= 15 is 0 Å². The molecule has 0 bridgehead atoms. The highest BCUT2D eigenvalue weighted by Crippen LogP contribution is 2.53. The first kappa shape index (κ1) is 31.8. The van der Waals surface area contributed by atoms with Crippen LogP contribution in [-0.2, 0) is 30.5 Å². The molecule has 0 radical (unpaired) electrons. The summed E-state index contributed by atoms with van der Waals surface area (Å²) < 4.78 is -0.284. The lowest BCUT2D eigenvalue weighted by Gasteiger charge is -2.42. The molecule has 3 N–H and O–H groups in total. The molecule has 2 aromatic rings. The summed E-state index contributed by atoms with van der Waals surface area (Å²) in [7, 11) is 0. The van der Waals surface area contributed by atoms with Gasteiger partial charge in [0.1, 0.15) is 23.5 Å². The predicted molar refractivity (Wildman–Crippen MR) is 168 cm³/mol. The molecule has 0 saturated carbocycles. The number of rotatable bonds is 15. The van der Waals surface area contributed by atoms with E-state index in [0.717, 1.165) is 44.9 Å². The number of phenols is 2. The molecule has 5 nitrogen and oxygen atoms in total. The summed E-state index contributed by atoms with van der Waals surface area (Å²) >= 11 is 3.54. The van der Waals surface area contributed by atoms with E-state index in [0.29, 0.717) is 38.8 Å². The van der Waals surface area contributed by atoms with Gasteiger partial charge in [-0.3, -0.25) is 9.69 Å². The quantitative estimate of drug-likeness (QED) is 0.155. The molecule has 1 saturated heterocycles. The van der Waals surface area contributed by atoms with Gasteiger partial charge in [0.05, 0.1) is 4.08 Å². The predicted octanol–water partition coefficient (Wildman–Crippen LogP) is 6.99. The van der Waals surface area contributed by atoms with Gasteiger partial charge < -0.3 is 15.3 Å². The summed E-state index contributed by atoms with van der Waals surface area (Å²) in [5, 5.41) is 32.3. The highest BCUT2D eigenvalue weighted by atomic mass is 32.2. The molecule has 1 unspecified atom stereocenters. The lowest BCUT2D eigenvalue weighted by atomic mass is 10.0. The van der Waals surface area contributed by atoms with Gasteiger partial charge in [0.25, 0.3) is 0 Å². The van der Waals surface area contributed by atoms with E-state index in [1.54, 1.807) is 47.8 Å². The standard InChI is InChI=1S/C33H41NO4S2/c1-6-10-24-19-28(20-25(11-7-2)31(24)37)39-33(14-16-34(17-15-33)30(36)18-23(5)35)40-29-21-26(12-8-3)32(38)27(22-29)13-9-4/h6-9,19-22,30,36-38H,1-4,10-18H2,5H3. The number of hydrogen-bond acceptors (Lipinski definition) is 7. The summed E-state index contributed by atoms with van der Waals surface area (Å²) in [5.41, 5.74) is 3.32. The zero-order valence-corrected chi connectivity index (χ0v) is 25.0. The molecule has 1 fully saturated rings. The largest absolute Gasteiger partial charge is 0.507 e. The molecule has 0 aliphatic carbocycles. The van der Waals surface area contributed by atoms with Crippen LogP contribution in [0, 0.1) is 0 Å². The first-order valence-electron chi connectivity index (χ1n) is 13.6. The van der Waals surface area contributed by atoms with E-state index in [2.05, 4.69) is 26.3 Å². The Kier molecular flexibility index (Phi) is 11.8. The van der Waals surface area contributed by atoms with Crippen LogP contribution in [0.5, 0.6) is 11.5 Å². The van der Waals surface area contributed by atoms with Gasteiger partial charge in [-0.05, 0) is 92.0 Å². The number of carbonyl (C=O) groups excluding carboxylic acids is 1. The van der Waals surface area contributed by atoms with Crippen molar-refractivity contribution >= 4 is 29.3 Å². The van der Waals surface area contributed by atoms with Crippen molar-refractivity contribution in [2.75, 3.05) is 13.1 Å². The maximum Gasteiger partial charge on any atom is 0.133 e. The molecular weight excluding hydrogens is 539 g/mol. The number of allylic oxidation sites excluding steroid dienone is 4. The third kappa shape index (κ3) is 8.16. The number of piperidine rings is 1. The van der Waals surface area contributed by atoms with Crippen molar-refractivity contribution in [3.05, 3.63) is 97.1 Å². The van der Waals surface area contributed by atoms with Crippen LogP contribution in [0.1, 0.15) is 48.4 Å². The Labute approximate surface area is 247 Å². The molecule has 7 heteroatoms. The van der Waals surface area contributed by atoms with Crippen LogP contribution < -0.4 is 0 Å². The Morgan fingerprint density at radius 2 is 1.18 bits per heavy atom. The van der Waals surface area contributed by atoms with Gasteiger partial charge in [-0.15, -0.1) is 49.8 Å². The number of likely N-dealkylation sites (tertiary alicyclic amines) is 1. The number of carbonyl (C=O) groups is 1. The van der Waals surface area contributed by atoms with E-state index in [1.807, 2.05) is 29.2 Å². The number of aliphatic hydroxyl groups excluding tert-OH is 1. The van der Waals surface area contributed by atoms with Crippen molar-refractivity contribution < 1.29 is 20.1 Å². The molecule has 3 rings (SSSR count). The molecule has 0 aromatic heterocycles. The molecule has 0 spiro atoms. The number of hydrogen-bond donors (Lipinski definition) is 3. The minimum absolute atomic E-state index is 0.0322. The Balaban J connectivity index is 2.03. The van der Waals surface area contributed by atoms with Crippen LogP contribution in [0.2, 0.25) is 0 Å². The first-order chi connectivity index (χ1) is 19.1. The summed E-state index contributed by atoms with van der Waals surface area (Å²) in [6, 6.07) is 8.15. The third-order valence-electron chi connectivity index (χ3n) is 7.00. The van der Waals surface area contributed by atoms with E-state index in [4.69, 9.17) is 0 Å². The fourth-order valence-corrected chi connectivity index (χ4v) is 8.20. The van der Waals surface area contributed by atoms with Gasteiger partial charge in [0, 0.05) is 29.3 Å². The van der Waals surface area contributed by atoms with Gasteiger partial charge in [0.2, 0.25) is 0 Å². The molecule has 214 valence electrons. The smallest absolute Gasteiger partial charge is 0.133 e. The average molecular weight is 580 g/mol. The summed E-state index contributed by atoms with van der Waals surface area (Å²) in [6.45, 7) is 18.2. The Morgan fingerprint density at radius 3 is 1.48 bits per heavy atom. The second kappa shape index (κ2) is 14.8. The van der Waals surface area contributed by atoms with Crippen molar-refractivity contribution in [2.24, 2.45) is 0 Å². The summed E-state index contributed by atoms with van der Waals surface area (Å²) in [6.07, 6.45) is 10.3. The van der Waals surface area contributed by atoms with Crippen LogP contribution in [-0.4, -0.2) is 49.4 Å². The molecule has 40 heavy (non-hydrogen) atoms. The zero-order valence-electron chi connectivity index (χ0n) is 23.4. The van der Waals surface area contributed by atoms with Crippen LogP contribution in [0.15, 0.2) is 84.7 Å². The number of benzene rings is 2. The van der Waals surface area contributed by atoms with E-state index in [1.165, 1.54) is 6.92 Å². The van der Waals surface area contributed by atoms with Crippen molar-refractivity contribution in [3.63, 3.8) is 0 Å². The fraction of sp³-hybridized carbons (Fsp3) is 0.364. The molecule has 1 aliphatic rings. The fourth-order valence-electron chi connectivity index (χ4n) is 5.02. The average Bonchev–Trinajstić information content (AvgIpc) is 2.90. The van der Waals surface area contributed by atoms with Gasteiger partial charge in [0.15, 0.2) is 0 Å². The second-order valence-corrected chi connectivity index (χ2v) is 13.4. The number of Topliss-reactive ketones (excluding diaryl/α,β-unsaturated/α-hetero) is 1. The number of nitrogens with zero attached hydrogens (tertiary/aromatic N) is 1. The third-order valence-corrected chi connectivity index (χ3v) is 10.0. The normalized spacial score (nSPS) is 15.8. The summed E-state index contributed by atoms with van der Waals surface area (Å²) in [5.74, 6) is 0.541. The number of aliphatic hydroxyl groups is 1. The number of aromatic hydroxyl groups is 2. The van der Waals surface area contributed by atoms with Gasteiger partial charge >= 0.3 is 0 Å². The maximum absolute atomic E-state index is 11.6. The van der Waals surface area contributed by atoms with Crippen LogP contribution >= 0.6 is 23.5 Å². The lowest BCUT2D eigenvalue weighted by molar-refractivity contribution is -0.122. The van der Waals surface area contributed by atoms with E-state index in [9.17, 15) is 20.1 Å². The van der Waals surface area contributed by atoms with Crippen molar-refractivity contribution in [1.82, 2.24) is 4.90 Å². The zero-order chi connectivity index (χ0) is 29.3. The maximum atomic E-state index is 11.6. The van der Waals surface area contributed by atoms with E-state index < -0.39 is 6.23 Å².